The zero-order valence-corrected chi connectivity index (χ0v) is 11.8. The maximum absolute atomic E-state index is 11.3. The van der Waals surface area contributed by atoms with Crippen LogP contribution in [0.4, 0.5) is 0 Å². The zero-order chi connectivity index (χ0) is 13.3. The molecule has 1 aromatic heterocycles. The van der Waals surface area contributed by atoms with Gasteiger partial charge in [-0.3, -0.25) is 9.98 Å². The third-order valence-electron chi connectivity index (χ3n) is 2.27. The third kappa shape index (κ3) is 2.49. The van der Waals surface area contributed by atoms with E-state index in [1.54, 1.807) is 13.1 Å². The molecule has 18 heavy (non-hydrogen) atoms. The molecule has 0 fully saturated rings. The van der Waals surface area contributed by atoms with Crippen LogP contribution >= 0.6 is 27.7 Å². The molecule has 0 unspecified atom stereocenters. The molecule has 0 atom stereocenters. The normalized spacial score (nSPS) is 10.6. The molecule has 0 bridgehead atoms. The molecule has 0 saturated heterocycles. The van der Waals surface area contributed by atoms with Crippen molar-refractivity contribution in [2.24, 2.45) is 12.8 Å². The largest absolute Gasteiger partial charge is 0.384 e. The lowest BCUT2D eigenvalue weighted by Crippen LogP contribution is -2.14. The van der Waals surface area contributed by atoms with E-state index in [1.807, 2.05) is 12.1 Å². The van der Waals surface area contributed by atoms with E-state index in [0.29, 0.717) is 10.7 Å². The smallest absolute Gasteiger partial charge is 0.343 e. The highest BCUT2D eigenvalue weighted by Crippen LogP contribution is 2.30. The summed E-state index contributed by atoms with van der Waals surface area (Å²) in [7, 11) is 1.62. The predicted molar refractivity (Wildman–Crippen MR) is 73.1 cm³/mol. The summed E-state index contributed by atoms with van der Waals surface area (Å²) in [4.78, 5) is 12.0. The topological polar surface area (TPSA) is 101 Å². The van der Waals surface area contributed by atoms with Gasteiger partial charge in [-0.1, -0.05) is 15.9 Å². The number of hydrogen-bond acceptors (Lipinski definition) is 4. The number of aromatic nitrogens is 3. The van der Waals surface area contributed by atoms with Crippen molar-refractivity contribution in [2.45, 2.75) is 10.1 Å². The molecule has 0 aliphatic rings. The predicted octanol–water partition coefficient (Wildman–Crippen LogP) is 1.31. The zero-order valence-electron chi connectivity index (χ0n) is 9.40. The summed E-state index contributed by atoms with van der Waals surface area (Å²) in [6.45, 7) is 0. The lowest BCUT2D eigenvalue weighted by atomic mass is 10.2. The van der Waals surface area contributed by atoms with Crippen LogP contribution in [0.25, 0.3) is 0 Å². The summed E-state index contributed by atoms with van der Waals surface area (Å²) in [5.74, 6) is -0.0227. The van der Waals surface area contributed by atoms with Gasteiger partial charge in [0, 0.05) is 22.0 Å². The van der Waals surface area contributed by atoms with Gasteiger partial charge in [0.15, 0.2) is 5.16 Å². The van der Waals surface area contributed by atoms with Crippen molar-refractivity contribution in [1.29, 1.82) is 5.41 Å². The molecule has 0 amide bonds. The third-order valence-corrected chi connectivity index (χ3v) is 3.87. The van der Waals surface area contributed by atoms with E-state index in [2.05, 4.69) is 26.1 Å². The summed E-state index contributed by atoms with van der Waals surface area (Å²) in [6.07, 6.45) is 0. The van der Waals surface area contributed by atoms with E-state index in [0.717, 1.165) is 9.37 Å². The monoisotopic (exact) mass is 327 g/mol. The van der Waals surface area contributed by atoms with Crippen molar-refractivity contribution in [3.05, 3.63) is 38.7 Å². The number of nitrogens with zero attached hydrogens (tertiary/aromatic N) is 2. The fourth-order valence-electron chi connectivity index (χ4n) is 1.33. The van der Waals surface area contributed by atoms with Crippen LogP contribution in [0, 0.1) is 5.41 Å². The fraction of sp³-hybridized carbons (Fsp3) is 0.100. The van der Waals surface area contributed by atoms with Crippen molar-refractivity contribution in [1.82, 2.24) is 14.8 Å². The van der Waals surface area contributed by atoms with Crippen LogP contribution in [0.2, 0.25) is 0 Å². The quantitative estimate of drug-likeness (QED) is 0.584. The molecular weight excluding hydrogens is 318 g/mol. The number of hydrogen-bond donors (Lipinski definition) is 3. The highest BCUT2D eigenvalue weighted by molar-refractivity contribution is 9.10. The van der Waals surface area contributed by atoms with Gasteiger partial charge in [-0.25, -0.2) is 9.89 Å². The van der Waals surface area contributed by atoms with Crippen molar-refractivity contribution in [2.75, 3.05) is 0 Å². The van der Waals surface area contributed by atoms with E-state index in [-0.39, 0.29) is 11.5 Å². The number of benzene rings is 1. The first kappa shape index (κ1) is 12.9. The molecule has 2 aromatic rings. The Kier molecular flexibility index (Phi) is 3.58. The van der Waals surface area contributed by atoms with Crippen LogP contribution in [-0.2, 0) is 7.05 Å². The van der Waals surface area contributed by atoms with Gasteiger partial charge in [0.2, 0.25) is 0 Å². The van der Waals surface area contributed by atoms with Gasteiger partial charge in [-0.05, 0) is 30.0 Å². The number of amidine groups is 1. The van der Waals surface area contributed by atoms with Crippen LogP contribution in [0.1, 0.15) is 5.56 Å². The first-order valence-electron chi connectivity index (χ1n) is 4.92. The molecule has 1 aromatic carbocycles. The van der Waals surface area contributed by atoms with Crippen LogP contribution < -0.4 is 11.4 Å². The highest BCUT2D eigenvalue weighted by Gasteiger charge is 2.12. The van der Waals surface area contributed by atoms with Crippen LogP contribution in [0.5, 0.6) is 0 Å². The average Bonchev–Trinajstić information content (AvgIpc) is 2.61. The maximum atomic E-state index is 11.3. The lowest BCUT2D eigenvalue weighted by molar-refractivity contribution is 0.766. The van der Waals surface area contributed by atoms with Gasteiger partial charge in [0.25, 0.3) is 0 Å². The minimum atomic E-state index is -0.281. The second-order valence-corrected chi connectivity index (χ2v) is 5.45. The highest BCUT2D eigenvalue weighted by atomic mass is 79.9. The molecule has 0 saturated carbocycles. The Morgan fingerprint density at radius 3 is 2.89 bits per heavy atom. The molecule has 94 valence electrons. The summed E-state index contributed by atoms with van der Waals surface area (Å²) in [6, 6.07) is 5.39. The molecule has 0 radical (unpaired) electrons. The minimum Gasteiger partial charge on any atom is -0.384 e. The molecule has 2 rings (SSSR count). The van der Waals surface area contributed by atoms with E-state index in [9.17, 15) is 4.79 Å². The second kappa shape index (κ2) is 4.99. The summed E-state index contributed by atoms with van der Waals surface area (Å²) >= 11 is 4.64. The number of aromatic amines is 1. The van der Waals surface area contributed by atoms with Crippen molar-refractivity contribution < 1.29 is 0 Å². The van der Waals surface area contributed by atoms with Gasteiger partial charge in [0.1, 0.15) is 5.84 Å². The number of rotatable bonds is 3. The minimum absolute atomic E-state index is 0.0227. The number of nitrogens with two attached hydrogens (primary N) is 1. The number of nitrogen functional groups attached to an aromatic ring is 1. The molecule has 6 nitrogen and oxygen atoms in total. The van der Waals surface area contributed by atoms with Gasteiger partial charge < -0.3 is 5.73 Å². The molecule has 8 heteroatoms. The molecule has 0 spiro atoms. The Morgan fingerprint density at radius 2 is 2.33 bits per heavy atom. The van der Waals surface area contributed by atoms with E-state index >= 15 is 0 Å². The number of halogens is 1. The van der Waals surface area contributed by atoms with E-state index in [1.165, 1.54) is 16.3 Å². The molecule has 1 heterocycles. The van der Waals surface area contributed by atoms with Gasteiger partial charge in [-0.15, -0.1) is 5.10 Å². The molecular formula is C10H10BrN5OS. The van der Waals surface area contributed by atoms with E-state index < -0.39 is 0 Å². The fourth-order valence-corrected chi connectivity index (χ4v) is 2.82. The first-order valence-corrected chi connectivity index (χ1v) is 6.53. The Labute approximate surface area is 115 Å². The first-order chi connectivity index (χ1) is 8.49. The van der Waals surface area contributed by atoms with Gasteiger partial charge >= 0.3 is 5.69 Å². The summed E-state index contributed by atoms with van der Waals surface area (Å²) in [5, 5.41) is 14.3. The standard InChI is InChI=1S/C10H10BrN5OS/c1-16-9(17)14-15-10(16)18-7-4-5(11)2-3-6(7)8(12)13/h2-4H,1H3,(H3,12,13)(H,14,17). The number of nitrogens with one attached hydrogen (secondary N) is 2. The Hall–Kier alpha value is -1.54. The van der Waals surface area contributed by atoms with E-state index in [4.69, 9.17) is 11.1 Å². The summed E-state index contributed by atoms with van der Waals surface area (Å²) in [5.41, 5.74) is 5.85. The Morgan fingerprint density at radius 1 is 1.61 bits per heavy atom. The average molecular weight is 328 g/mol. The van der Waals surface area contributed by atoms with Crippen LogP contribution in [0.15, 0.2) is 37.5 Å². The Bertz CT molecular complexity index is 663. The SMILES string of the molecule is Cn1c(Sc2cc(Br)ccc2C(=N)N)n[nH]c1=O. The Balaban J connectivity index is 2.45. The van der Waals surface area contributed by atoms with Gasteiger partial charge in [-0.2, -0.15) is 0 Å². The maximum Gasteiger partial charge on any atom is 0.343 e. The van der Waals surface area contributed by atoms with Crippen molar-refractivity contribution >= 4 is 33.5 Å². The lowest BCUT2D eigenvalue weighted by Gasteiger charge is -2.07. The number of H-pyrrole nitrogens is 1. The molecule has 4 N–H and O–H groups in total. The molecule has 0 aliphatic carbocycles. The van der Waals surface area contributed by atoms with Crippen LogP contribution in [-0.4, -0.2) is 20.6 Å². The van der Waals surface area contributed by atoms with Crippen molar-refractivity contribution in [3.63, 3.8) is 0 Å². The van der Waals surface area contributed by atoms with Gasteiger partial charge in [0.05, 0.1) is 0 Å². The molecule has 0 aliphatic heterocycles. The van der Waals surface area contributed by atoms with Crippen molar-refractivity contribution in [3.8, 4) is 0 Å². The summed E-state index contributed by atoms with van der Waals surface area (Å²) < 4.78 is 2.27. The van der Waals surface area contributed by atoms with Crippen LogP contribution in [0.3, 0.4) is 0 Å². The second-order valence-electron chi connectivity index (χ2n) is 3.53.